The third-order valence-corrected chi connectivity index (χ3v) is 7.15. The summed E-state index contributed by atoms with van der Waals surface area (Å²) in [4.78, 5) is 0.139. The first-order valence-electron chi connectivity index (χ1n) is 8.93. The highest BCUT2D eigenvalue weighted by molar-refractivity contribution is 7.90. The Morgan fingerprint density at radius 1 is 1.19 bits per heavy atom. The molecule has 3 aromatic rings. The van der Waals surface area contributed by atoms with Crippen molar-refractivity contribution in [1.82, 2.24) is 3.97 Å². The van der Waals surface area contributed by atoms with Gasteiger partial charge in [0.1, 0.15) is 5.82 Å². The van der Waals surface area contributed by atoms with E-state index in [1.807, 2.05) is 0 Å². The molecular weight excluding hydrogens is 385 g/mol. The van der Waals surface area contributed by atoms with E-state index in [4.69, 9.17) is 11.6 Å². The first kappa shape index (κ1) is 18.3. The lowest BCUT2D eigenvalue weighted by atomic mass is 10.0. The van der Waals surface area contributed by atoms with E-state index in [9.17, 15) is 12.8 Å². The molecule has 2 aromatic carbocycles. The van der Waals surface area contributed by atoms with Crippen LogP contribution in [0.15, 0.2) is 59.6 Å². The summed E-state index contributed by atoms with van der Waals surface area (Å²) in [5, 5.41) is 0.366. The molecule has 0 aliphatic heterocycles. The fourth-order valence-corrected chi connectivity index (χ4v) is 5.61. The molecule has 1 aromatic heterocycles. The van der Waals surface area contributed by atoms with Gasteiger partial charge in [0.05, 0.1) is 10.6 Å². The van der Waals surface area contributed by atoms with Gasteiger partial charge in [-0.15, -0.1) is 0 Å². The van der Waals surface area contributed by atoms with E-state index in [1.54, 1.807) is 30.5 Å². The SMILES string of the molecule is CCC1CCc2c1cn(S(=O)(=O)c1cccc(Cl)c1)c2-c1ccc(F)cc1. The maximum absolute atomic E-state index is 13.4. The molecule has 0 amide bonds. The summed E-state index contributed by atoms with van der Waals surface area (Å²) in [5.74, 6) is -0.00681. The normalized spacial score (nSPS) is 16.5. The lowest BCUT2D eigenvalue weighted by Crippen LogP contribution is -2.14. The lowest BCUT2D eigenvalue weighted by molar-refractivity contribution is 0.586. The van der Waals surface area contributed by atoms with Crippen molar-refractivity contribution in [2.45, 2.75) is 37.0 Å². The Morgan fingerprint density at radius 3 is 2.59 bits per heavy atom. The van der Waals surface area contributed by atoms with Gasteiger partial charge in [-0.3, -0.25) is 0 Å². The maximum atomic E-state index is 13.4. The molecule has 0 radical (unpaired) electrons. The molecule has 0 spiro atoms. The van der Waals surface area contributed by atoms with Crippen LogP contribution in [0.25, 0.3) is 11.3 Å². The number of hydrogen-bond donors (Lipinski definition) is 0. The van der Waals surface area contributed by atoms with Crippen LogP contribution in [0.3, 0.4) is 0 Å². The predicted octanol–water partition coefficient (Wildman–Crippen LogP) is 5.62. The summed E-state index contributed by atoms with van der Waals surface area (Å²) in [6.07, 6.45) is 4.52. The Labute approximate surface area is 163 Å². The van der Waals surface area contributed by atoms with Crippen LogP contribution in [-0.4, -0.2) is 12.4 Å². The van der Waals surface area contributed by atoms with Crippen molar-refractivity contribution in [3.63, 3.8) is 0 Å². The van der Waals surface area contributed by atoms with Crippen molar-refractivity contribution in [3.05, 3.63) is 76.7 Å². The Kier molecular flexibility index (Phi) is 4.60. The molecule has 0 fully saturated rings. The van der Waals surface area contributed by atoms with Gasteiger partial charge < -0.3 is 0 Å². The number of hydrogen-bond acceptors (Lipinski definition) is 2. The van der Waals surface area contributed by atoms with E-state index in [0.717, 1.165) is 30.4 Å². The van der Waals surface area contributed by atoms with Gasteiger partial charge in [0.25, 0.3) is 10.0 Å². The zero-order valence-electron chi connectivity index (χ0n) is 14.8. The minimum Gasteiger partial charge on any atom is -0.241 e. The van der Waals surface area contributed by atoms with Gasteiger partial charge in [-0.2, -0.15) is 0 Å². The Bertz CT molecular complexity index is 1100. The molecule has 4 rings (SSSR count). The zero-order chi connectivity index (χ0) is 19.2. The molecule has 1 heterocycles. The lowest BCUT2D eigenvalue weighted by Gasteiger charge is -2.13. The molecule has 1 atom stereocenters. The van der Waals surface area contributed by atoms with Gasteiger partial charge in [0, 0.05) is 11.2 Å². The molecule has 1 aliphatic rings. The summed E-state index contributed by atoms with van der Waals surface area (Å²) < 4.78 is 41.5. The molecule has 0 saturated carbocycles. The second kappa shape index (κ2) is 6.80. The summed E-state index contributed by atoms with van der Waals surface area (Å²) in [6.45, 7) is 2.11. The van der Waals surface area contributed by atoms with Crippen LogP contribution in [0.5, 0.6) is 0 Å². The fourth-order valence-electron chi connectivity index (χ4n) is 3.89. The molecule has 3 nitrogen and oxygen atoms in total. The Morgan fingerprint density at radius 2 is 1.93 bits per heavy atom. The van der Waals surface area contributed by atoms with E-state index in [0.29, 0.717) is 22.2 Å². The number of aromatic nitrogens is 1. The van der Waals surface area contributed by atoms with Gasteiger partial charge in [0.15, 0.2) is 0 Å². The first-order valence-corrected chi connectivity index (χ1v) is 10.7. The molecule has 1 aliphatic carbocycles. The average Bonchev–Trinajstić information content (AvgIpc) is 3.22. The molecule has 27 heavy (non-hydrogen) atoms. The Balaban J connectivity index is 1.97. The van der Waals surface area contributed by atoms with Gasteiger partial charge in [-0.1, -0.05) is 24.6 Å². The second-order valence-corrected chi connectivity index (χ2v) is 9.07. The van der Waals surface area contributed by atoms with Gasteiger partial charge in [-0.25, -0.2) is 16.8 Å². The van der Waals surface area contributed by atoms with Crippen LogP contribution >= 0.6 is 11.6 Å². The fraction of sp³-hybridized carbons (Fsp3) is 0.238. The number of rotatable bonds is 4. The molecule has 0 bridgehead atoms. The average molecular weight is 404 g/mol. The molecule has 0 N–H and O–H groups in total. The topological polar surface area (TPSA) is 39.1 Å². The van der Waals surface area contributed by atoms with E-state index >= 15 is 0 Å². The van der Waals surface area contributed by atoms with Crippen molar-refractivity contribution in [1.29, 1.82) is 0 Å². The summed E-state index contributed by atoms with van der Waals surface area (Å²) in [7, 11) is -3.82. The molecular formula is C21H19ClFNO2S. The number of nitrogens with zero attached hydrogens (tertiary/aromatic N) is 1. The van der Waals surface area contributed by atoms with Crippen molar-refractivity contribution in [2.75, 3.05) is 0 Å². The number of halogens is 2. The summed E-state index contributed by atoms with van der Waals surface area (Å²) in [6, 6.07) is 12.2. The first-order chi connectivity index (χ1) is 12.9. The van der Waals surface area contributed by atoms with Gasteiger partial charge >= 0.3 is 0 Å². The van der Waals surface area contributed by atoms with Crippen molar-refractivity contribution < 1.29 is 12.8 Å². The molecule has 6 heteroatoms. The van der Waals surface area contributed by atoms with E-state index in [2.05, 4.69) is 6.92 Å². The van der Waals surface area contributed by atoms with Crippen LogP contribution in [-0.2, 0) is 16.4 Å². The van der Waals surface area contributed by atoms with Crippen LogP contribution in [0.4, 0.5) is 4.39 Å². The molecule has 0 saturated heterocycles. The van der Waals surface area contributed by atoms with E-state index in [1.165, 1.54) is 28.2 Å². The van der Waals surface area contributed by atoms with E-state index < -0.39 is 10.0 Å². The van der Waals surface area contributed by atoms with Crippen molar-refractivity contribution in [3.8, 4) is 11.3 Å². The predicted molar refractivity (Wildman–Crippen MR) is 105 cm³/mol. The second-order valence-electron chi connectivity index (χ2n) is 6.82. The van der Waals surface area contributed by atoms with Crippen molar-refractivity contribution in [2.24, 2.45) is 0 Å². The maximum Gasteiger partial charge on any atom is 0.268 e. The van der Waals surface area contributed by atoms with Gasteiger partial charge in [0.2, 0.25) is 0 Å². The smallest absolute Gasteiger partial charge is 0.241 e. The van der Waals surface area contributed by atoms with Crippen LogP contribution < -0.4 is 0 Å². The Hall–Kier alpha value is -2.11. The highest BCUT2D eigenvalue weighted by Crippen LogP contribution is 2.43. The highest BCUT2D eigenvalue weighted by Gasteiger charge is 2.32. The zero-order valence-corrected chi connectivity index (χ0v) is 16.4. The highest BCUT2D eigenvalue weighted by atomic mass is 35.5. The third-order valence-electron chi connectivity index (χ3n) is 5.26. The number of benzene rings is 2. The summed E-state index contributed by atoms with van der Waals surface area (Å²) >= 11 is 6.02. The van der Waals surface area contributed by atoms with E-state index in [-0.39, 0.29) is 10.7 Å². The summed E-state index contributed by atoms with van der Waals surface area (Å²) in [5.41, 5.74) is 3.43. The van der Waals surface area contributed by atoms with Crippen LogP contribution in [0.1, 0.15) is 36.8 Å². The molecule has 1 unspecified atom stereocenters. The minimum atomic E-state index is -3.82. The monoisotopic (exact) mass is 403 g/mol. The van der Waals surface area contributed by atoms with Gasteiger partial charge in [-0.05, 0) is 84.3 Å². The minimum absolute atomic E-state index is 0.139. The standard InChI is InChI=1S/C21H19ClFNO2S/c1-2-14-8-11-19-20(14)13-24(21(19)15-6-9-17(23)10-7-15)27(25,26)18-5-3-4-16(22)12-18/h3-7,9-10,12-14H,2,8,11H2,1H3. The quantitative estimate of drug-likeness (QED) is 0.566. The largest absolute Gasteiger partial charge is 0.268 e. The molecule has 140 valence electrons. The van der Waals surface area contributed by atoms with Crippen LogP contribution in [0.2, 0.25) is 5.02 Å². The van der Waals surface area contributed by atoms with Crippen LogP contribution in [0, 0.1) is 5.82 Å². The van der Waals surface area contributed by atoms with Crippen molar-refractivity contribution >= 4 is 21.6 Å². The number of fused-ring (bicyclic) bond motifs is 1. The third kappa shape index (κ3) is 3.09.